The maximum absolute atomic E-state index is 12.4. The van der Waals surface area contributed by atoms with E-state index in [0.29, 0.717) is 39.4 Å². The van der Waals surface area contributed by atoms with E-state index in [4.69, 9.17) is 9.47 Å². The fourth-order valence-corrected chi connectivity index (χ4v) is 3.28. The van der Waals surface area contributed by atoms with E-state index in [1.807, 2.05) is 6.92 Å². The number of hydrogen-bond acceptors (Lipinski definition) is 6. The zero-order valence-corrected chi connectivity index (χ0v) is 16.1. The summed E-state index contributed by atoms with van der Waals surface area (Å²) in [5.41, 5.74) is -0.0699. The van der Waals surface area contributed by atoms with Gasteiger partial charge in [-0.3, -0.25) is 14.3 Å². The summed E-state index contributed by atoms with van der Waals surface area (Å²) in [4.78, 5) is 26.5. The zero-order valence-electron chi connectivity index (χ0n) is 16.1. The molecule has 0 aliphatic carbocycles. The lowest BCUT2D eigenvalue weighted by atomic mass is 9.96. The summed E-state index contributed by atoms with van der Waals surface area (Å²) in [6.07, 6.45) is 1.79. The van der Waals surface area contributed by atoms with Crippen molar-refractivity contribution in [2.45, 2.75) is 38.8 Å². The van der Waals surface area contributed by atoms with Crippen molar-refractivity contribution in [1.82, 2.24) is 24.6 Å². The molecular weight excluding hydrogens is 338 g/mol. The van der Waals surface area contributed by atoms with Crippen molar-refractivity contribution in [3.05, 3.63) is 16.3 Å². The predicted molar refractivity (Wildman–Crippen MR) is 97.3 cm³/mol. The van der Waals surface area contributed by atoms with Gasteiger partial charge in [0.05, 0.1) is 26.3 Å². The molecule has 2 rings (SSSR count). The number of rotatable bonds is 10. The van der Waals surface area contributed by atoms with Gasteiger partial charge >= 0.3 is 5.69 Å². The Labute approximate surface area is 154 Å². The van der Waals surface area contributed by atoms with Gasteiger partial charge < -0.3 is 14.8 Å². The highest BCUT2D eigenvalue weighted by Gasteiger charge is 2.27. The van der Waals surface area contributed by atoms with Crippen LogP contribution in [0.15, 0.2) is 4.79 Å². The SMILES string of the molecule is CCn1c(C2CCN(CC(=O)NCCOC)CC2)nn(CCOC)c1=O. The maximum atomic E-state index is 12.4. The second kappa shape index (κ2) is 10.4. The summed E-state index contributed by atoms with van der Waals surface area (Å²) in [5.74, 6) is 1.13. The minimum Gasteiger partial charge on any atom is -0.383 e. The van der Waals surface area contributed by atoms with Gasteiger partial charge in [-0.15, -0.1) is 0 Å². The molecule has 1 saturated heterocycles. The van der Waals surface area contributed by atoms with Gasteiger partial charge in [0.2, 0.25) is 5.91 Å². The number of aromatic nitrogens is 3. The summed E-state index contributed by atoms with van der Waals surface area (Å²) in [6.45, 7) is 6.62. The van der Waals surface area contributed by atoms with Crippen molar-refractivity contribution in [2.75, 3.05) is 53.6 Å². The van der Waals surface area contributed by atoms with Crippen LogP contribution in [-0.2, 0) is 27.4 Å². The Morgan fingerprint density at radius 1 is 1.23 bits per heavy atom. The standard InChI is InChI=1S/C17H31N5O4/c1-4-21-16(19-22(17(21)24)10-12-26-3)14-5-8-20(9-6-14)13-15(23)18-7-11-25-2/h14H,4-13H2,1-3H3,(H,18,23). The molecule has 9 heteroatoms. The van der Waals surface area contributed by atoms with Crippen molar-refractivity contribution in [3.8, 4) is 0 Å². The zero-order chi connectivity index (χ0) is 18.9. The van der Waals surface area contributed by atoms with Crippen LogP contribution in [0.1, 0.15) is 31.5 Å². The predicted octanol–water partition coefficient (Wildman–Crippen LogP) is -0.347. The highest BCUT2D eigenvalue weighted by atomic mass is 16.5. The third kappa shape index (κ3) is 5.39. The van der Waals surface area contributed by atoms with E-state index < -0.39 is 0 Å². The van der Waals surface area contributed by atoms with Gasteiger partial charge in [0.1, 0.15) is 5.82 Å². The van der Waals surface area contributed by atoms with E-state index in [2.05, 4.69) is 15.3 Å². The third-order valence-corrected chi connectivity index (χ3v) is 4.72. The first-order valence-electron chi connectivity index (χ1n) is 9.25. The number of carbonyl (C=O) groups excluding carboxylic acids is 1. The van der Waals surface area contributed by atoms with Crippen LogP contribution in [0.5, 0.6) is 0 Å². The number of nitrogens with one attached hydrogen (secondary N) is 1. The average Bonchev–Trinajstić information content (AvgIpc) is 2.96. The van der Waals surface area contributed by atoms with Crippen molar-refractivity contribution in [3.63, 3.8) is 0 Å². The largest absolute Gasteiger partial charge is 0.383 e. The molecule has 26 heavy (non-hydrogen) atoms. The van der Waals surface area contributed by atoms with E-state index >= 15 is 0 Å². The molecule has 1 N–H and O–H groups in total. The Morgan fingerprint density at radius 3 is 2.54 bits per heavy atom. The maximum Gasteiger partial charge on any atom is 0.345 e. The lowest BCUT2D eigenvalue weighted by Gasteiger charge is -2.30. The normalized spacial score (nSPS) is 16.1. The van der Waals surface area contributed by atoms with Crippen molar-refractivity contribution in [2.24, 2.45) is 0 Å². The highest BCUT2D eigenvalue weighted by molar-refractivity contribution is 5.77. The minimum absolute atomic E-state index is 0.0230. The van der Waals surface area contributed by atoms with Crippen LogP contribution in [-0.4, -0.2) is 78.8 Å². The molecule has 1 aliphatic heterocycles. The molecule has 9 nitrogen and oxygen atoms in total. The number of likely N-dealkylation sites (tertiary alicyclic amines) is 1. The lowest BCUT2D eigenvalue weighted by molar-refractivity contribution is -0.122. The van der Waals surface area contributed by atoms with Crippen LogP contribution < -0.4 is 11.0 Å². The molecule has 1 fully saturated rings. The molecule has 0 atom stereocenters. The number of nitrogens with zero attached hydrogens (tertiary/aromatic N) is 4. The highest BCUT2D eigenvalue weighted by Crippen LogP contribution is 2.26. The van der Waals surface area contributed by atoms with Gasteiger partial charge in [-0.25, -0.2) is 9.48 Å². The van der Waals surface area contributed by atoms with Crippen molar-refractivity contribution in [1.29, 1.82) is 0 Å². The molecule has 0 radical (unpaired) electrons. The average molecular weight is 369 g/mol. The Kier molecular flexibility index (Phi) is 8.27. The first kappa shape index (κ1) is 20.6. The van der Waals surface area contributed by atoms with Crippen LogP contribution in [0.25, 0.3) is 0 Å². The number of hydrogen-bond donors (Lipinski definition) is 1. The van der Waals surface area contributed by atoms with E-state index in [0.717, 1.165) is 31.8 Å². The first-order chi connectivity index (χ1) is 12.6. The second-order valence-corrected chi connectivity index (χ2v) is 6.49. The number of carbonyl (C=O) groups is 1. The minimum atomic E-state index is -0.0699. The molecule has 0 aromatic carbocycles. The number of methoxy groups -OCH3 is 2. The van der Waals surface area contributed by atoms with Crippen LogP contribution in [0, 0.1) is 0 Å². The van der Waals surface area contributed by atoms with Crippen LogP contribution in [0.4, 0.5) is 0 Å². The van der Waals surface area contributed by atoms with E-state index in [-0.39, 0.29) is 17.5 Å². The summed E-state index contributed by atoms with van der Waals surface area (Å²) in [7, 11) is 3.23. The Hall–Kier alpha value is -1.71. The quantitative estimate of drug-likeness (QED) is 0.567. The summed E-state index contributed by atoms with van der Waals surface area (Å²) in [5, 5.41) is 7.40. The van der Waals surface area contributed by atoms with E-state index in [9.17, 15) is 9.59 Å². The molecule has 0 bridgehead atoms. The summed E-state index contributed by atoms with van der Waals surface area (Å²) >= 11 is 0. The van der Waals surface area contributed by atoms with Gasteiger partial charge in [-0.1, -0.05) is 0 Å². The fourth-order valence-electron chi connectivity index (χ4n) is 3.28. The molecule has 0 spiro atoms. The first-order valence-corrected chi connectivity index (χ1v) is 9.25. The fraction of sp³-hybridized carbons (Fsp3) is 0.824. The molecule has 1 amide bonds. The van der Waals surface area contributed by atoms with Crippen LogP contribution >= 0.6 is 0 Å². The number of amides is 1. The Morgan fingerprint density at radius 2 is 1.92 bits per heavy atom. The number of piperidine rings is 1. The molecule has 0 saturated carbocycles. The smallest absolute Gasteiger partial charge is 0.345 e. The molecule has 148 valence electrons. The Bertz CT molecular complexity index is 619. The van der Waals surface area contributed by atoms with Crippen LogP contribution in [0.3, 0.4) is 0 Å². The Balaban J connectivity index is 1.91. The van der Waals surface area contributed by atoms with Gasteiger partial charge in [-0.2, -0.15) is 5.10 Å². The van der Waals surface area contributed by atoms with Gasteiger partial charge in [0, 0.05) is 33.2 Å². The molecule has 1 aromatic rings. The number of ether oxygens (including phenoxy) is 2. The second-order valence-electron chi connectivity index (χ2n) is 6.49. The summed E-state index contributed by atoms with van der Waals surface area (Å²) in [6, 6.07) is 0. The van der Waals surface area contributed by atoms with Gasteiger partial charge in [0.15, 0.2) is 0 Å². The van der Waals surface area contributed by atoms with Gasteiger partial charge in [0.25, 0.3) is 0 Å². The molecule has 1 aliphatic rings. The van der Waals surface area contributed by atoms with Crippen LogP contribution in [0.2, 0.25) is 0 Å². The van der Waals surface area contributed by atoms with Crippen molar-refractivity contribution < 1.29 is 14.3 Å². The van der Waals surface area contributed by atoms with E-state index in [1.165, 1.54) is 4.68 Å². The van der Waals surface area contributed by atoms with Gasteiger partial charge in [-0.05, 0) is 32.9 Å². The summed E-state index contributed by atoms with van der Waals surface area (Å²) < 4.78 is 13.2. The monoisotopic (exact) mass is 369 g/mol. The molecule has 1 aromatic heterocycles. The third-order valence-electron chi connectivity index (χ3n) is 4.72. The molecule has 2 heterocycles. The molecule has 0 unspecified atom stereocenters. The molecular formula is C17H31N5O4. The lowest BCUT2D eigenvalue weighted by Crippen LogP contribution is -2.42. The topological polar surface area (TPSA) is 90.6 Å². The van der Waals surface area contributed by atoms with E-state index in [1.54, 1.807) is 18.8 Å². The van der Waals surface area contributed by atoms with Crippen molar-refractivity contribution >= 4 is 5.91 Å².